The van der Waals surface area contributed by atoms with E-state index in [-0.39, 0.29) is 30.2 Å². The summed E-state index contributed by atoms with van der Waals surface area (Å²) in [7, 11) is 0. The molecular weight excluding hydrogens is 343 g/mol. The number of hydrogen-bond acceptors (Lipinski definition) is 5. The van der Waals surface area contributed by atoms with Gasteiger partial charge in [0.15, 0.2) is 0 Å². The van der Waals surface area contributed by atoms with Crippen LogP contribution in [0.1, 0.15) is 17.0 Å². The highest BCUT2D eigenvalue weighted by Gasteiger charge is 2.31. The first-order valence-electron chi connectivity index (χ1n) is 6.99. The van der Waals surface area contributed by atoms with Crippen molar-refractivity contribution in [2.75, 3.05) is 5.32 Å². The Balaban J connectivity index is 2.19. The molecule has 1 aromatic carbocycles. The molecule has 11 heteroatoms. The van der Waals surface area contributed by atoms with Crippen LogP contribution < -0.4 is 11.1 Å². The van der Waals surface area contributed by atoms with E-state index < -0.39 is 28.4 Å². The summed E-state index contributed by atoms with van der Waals surface area (Å²) < 4.78 is 39.8. The number of amides is 1. The summed E-state index contributed by atoms with van der Waals surface area (Å²) in [5.41, 5.74) is 4.60. The number of benzene rings is 1. The molecule has 0 aliphatic rings. The van der Waals surface area contributed by atoms with E-state index in [1.54, 1.807) is 0 Å². The van der Waals surface area contributed by atoms with Gasteiger partial charge in [0, 0.05) is 19.2 Å². The lowest BCUT2D eigenvalue weighted by Gasteiger charge is -2.12. The van der Waals surface area contributed by atoms with E-state index in [2.05, 4.69) is 10.3 Å². The Morgan fingerprint density at radius 2 is 2.08 bits per heavy atom. The predicted molar refractivity (Wildman–Crippen MR) is 81.6 cm³/mol. The van der Waals surface area contributed by atoms with Gasteiger partial charge in [-0.05, 0) is 33.7 Å². The van der Waals surface area contributed by atoms with E-state index in [9.17, 15) is 28.1 Å². The third kappa shape index (κ3) is 4.53. The number of nitrogens with two attached hydrogens (primary N) is 1. The minimum atomic E-state index is -4.58. The van der Waals surface area contributed by atoms with Crippen molar-refractivity contribution in [3.8, 4) is 0 Å². The van der Waals surface area contributed by atoms with Crippen molar-refractivity contribution in [3.05, 3.63) is 51.5 Å². The van der Waals surface area contributed by atoms with Crippen molar-refractivity contribution in [3.63, 3.8) is 0 Å². The Labute approximate surface area is 139 Å². The topological polar surface area (TPSA) is 116 Å². The Bertz CT molecular complexity index is 817. The highest BCUT2D eigenvalue weighted by Crippen LogP contribution is 2.32. The van der Waals surface area contributed by atoms with Crippen LogP contribution in [0.4, 0.5) is 24.7 Å². The quantitative estimate of drug-likeness (QED) is 0.629. The fourth-order valence-corrected chi connectivity index (χ4v) is 2.14. The van der Waals surface area contributed by atoms with Crippen molar-refractivity contribution in [1.29, 1.82) is 0 Å². The number of imidazole rings is 1. The number of nitro groups is 1. The maximum absolute atomic E-state index is 12.9. The summed E-state index contributed by atoms with van der Waals surface area (Å²) in [6, 6.07) is 3.02. The number of carbonyl (C=O) groups is 1. The second kappa shape index (κ2) is 6.89. The summed E-state index contributed by atoms with van der Waals surface area (Å²) in [4.78, 5) is 25.6. The maximum atomic E-state index is 12.9. The van der Waals surface area contributed by atoms with Crippen LogP contribution in [-0.2, 0) is 24.1 Å². The average molecular weight is 357 g/mol. The number of aromatic nitrogens is 2. The number of carbonyl (C=O) groups excluding carboxylic acids is 1. The number of hydrogen-bond donors (Lipinski definition) is 2. The maximum Gasteiger partial charge on any atom is 0.416 e. The van der Waals surface area contributed by atoms with E-state index in [0.717, 1.165) is 18.3 Å². The number of nitrogens with zero attached hydrogens (tertiary/aromatic N) is 3. The molecule has 134 valence electrons. The Kier molecular flexibility index (Phi) is 5.07. The molecule has 0 bridgehead atoms. The monoisotopic (exact) mass is 357 g/mol. The van der Waals surface area contributed by atoms with Crippen LogP contribution in [-0.4, -0.2) is 20.4 Å². The van der Waals surface area contributed by atoms with Gasteiger partial charge in [-0.3, -0.25) is 9.36 Å². The molecule has 0 aliphatic carbocycles. The van der Waals surface area contributed by atoms with Crippen molar-refractivity contribution in [2.45, 2.75) is 26.2 Å². The standard InChI is InChI=1S/C14H14F3N5O3/c1-8-19-12(22(24)25)6-21(8)7-13(23)20-11-3-9(5-18)2-10(4-11)14(15,16)17/h2-4,6H,5,7,18H2,1H3,(H,20,23). The van der Waals surface area contributed by atoms with E-state index in [1.807, 2.05) is 0 Å². The lowest BCUT2D eigenvalue weighted by Crippen LogP contribution is -2.20. The molecule has 0 radical (unpaired) electrons. The predicted octanol–water partition coefficient (Wildman–Crippen LogP) is 2.22. The number of rotatable bonds is 5. The summed E-state index contributed by atoms with van der Waals surface area (Å²) in [6.45, 7) is 1.01. The Morgan fingerprint density at radius 3 is 2.60 bits per heavy atom. The van der Waals surface area contributed by atoms with Crippen LogP contribution in [0.15, 0.2) is 24.4 Å². The van der Waals surface area contributed by atoms with Gasteiger partial charge >= 0.3 is 12.0 Å². The zero-order valence-electron chi connectivity index (χ0n) is 13.0. The van der Waals surface area contributed by atoms with Gasteiger partial charge in [0.2, 0.25) is 11.7 Å². The first-order valence-corrected chi connectivity index (χ1v) is 6.99. The van der Waals surface area contributed by atoms with Crippen LogP contribution in [0.2, 0.25) is 0 Å². The molecule has 2 aromatic rings. The largest absolute Gasteiger partial charge is 0.416 e. The highest BCUT2D eigenvalue weighted by atomic mass is 19.4. The molecule has 1 amide bonds. The molecule has 0 saturated heterocycles. The molecule has 2 rings (SSSR count). The summed E-state index contributed by atoms with van der Waals surface area (Å²) in [5.74, 6) is -0.846. The molecule has 8 nitrogen and oxygen atoms in total. The first kappa shape index (κ1) is 18.4. The molecule has 3 N–H and O–H groups in total. The van der Waals surface area contributed by atoms with E-state index in [0.29, 0.717) is 0 Å². The second-order valence-corrected chi connectivity index (χ2v) is 5.20. The number of aryl methyl sites for hydroxylation is 1. The molecule has 0 fully saturated rings. The van der Waals surface area contributed by atoms with Gasteiger partial charge in [-0.2, -0.15) is 13.2 Å². The zero-order chi connectivity index (χ0) is 18.8. The molecule has 0 spiro atoms. The average Bonchev–Trinajstić information content (AvgIpc) is 2.87. The third-order valence-corrected chi connectivity index (χ3v) is 3.30. The summed E-state index contributed by atoms with van der Waals surface area (Å²) >= 11 is 0. The number of anilines is 1. The van der Waals surface area contributed by atoms with Crippen molar-refractivity contribution >= 4 is 17.4 Å². The highest BCUT2D eigenvalue weighted by molar-refractivity contribution is 5.90. The van der Waals surface area contributed by atoms with Crippen molar-refractivity contribution in [1.82, 2.24) is 9.55 Å². The van der Waals surface area contributed by atoms with Crippen molar-refractivity contribution in [2.24, 2.45) is 5.73 Å². The molecule has 0 saturated carbocycles. The minimum absolute atomic E-state index is 0.0625. The smallest absolute Gasteiger partial charge is 0.358 e. The van der Waals surface area contributed by atoms with Gasteiger partial charge in [-0.1, -0.05) is 0 Å². The molecule has 0 atom stereocenters. The van der Waals surface area contributed by atoms with Crippen LogP contribution in [0.25, 0.3) is 0 Å². The Hall–Kier alpha value is -2.95. The van der Waals surface area contributed by atoms with Crippen LogP contribution >= 0.6 is 0 Å². The molecule has 0 aliphatic heterocycles. The first-order chi connectivity index (χ1) is 11.6. The minimum Gasteiger partial charge on any atom is -0.358 e. The van der Waals surface area contributed by atoms with Gasteiger partial charge in [-0.15, -0.1) is 0 Å². The molecule has 0 unspecified atom stereocenters. The lowest BCUT2D eigenvalue weighted by atomic mass is 10.1. The third-order valence-electron chi connectivity index (χ3n) is 3.30. The van der Waals surface area contributed by atoms with Crippen LogP contribution in [0.5, 0.6) is 0 Å². The summed E-state index contributed by atoms with van der Waals surface area (Å²) in [6.07, 6.45) is -3.50. The van der Waals surface area contributed by atoms with Gasteiger partial charge in [0.1, 0.15) is 12.7 Å². The number of nitrogens with one attached hydrogen (secondary N) is 1. The van der Waals surface area contributed by atoms with Crippen LogP contribution in [0, 0.1) is 17.0 Å². The molecular formula is C14H14F3N5O3. The van der Waals surface area contributed by atoms with E-state index in [4.69, 9.17) is 5.73 Å². The Morgan fingerprint density at radius 1 is 1.40 bits per heavy atom. The SMILES string of the molecule is Cc1nc([N+](=O)[O-])cn1CC(=O)Nc1cc(CN)cc(C(F)(F)F)c1. The van der Waals surface area contributed by atoms with Crippen molar-refractivity contribution < 1.29 is 22.9 Å². The number of alkyl halides is 3. The molecule has 25 heavy (non-hydrogen) atoms. The molecule has 1 heterocycles. The van der Waals surface area contributed by atoms with Gasteiger partial charge < -0.3 is 21.2 Å². The fraction of sp³-hybridized carbons (Fsp3) is 0.286. The lowest BCUT2D eigenvalue weighted by molar-refractivity contribution is -0.389. The van der Waals surface area contributed by atoms with Gasteiger partial charge in [-0.25, -0.2) is 0 Å². The number of halogens is 3. The van der Waals surface area contributed by atoms with E-state index in [1.165, 1.54) is 17.6 Å². The van der Waals surface area contributed by atoms with Gasteiger partial charge in [0.05, 0.1) is 5.56 Å². The summed E-state index contributed by atoms with van der Waals surface area (Å²) in [5, 5.41) is 13.0. The fourth-order valence-electron chi connectivity index (χ4n) is 2.14. The van der Waals surface area contributed by atoms with E-state index >= 15 is 0 Å². The normalized spacial score (nSPS) is 11.4. The second-order valence-electron chi connectivity index (χ2n) is 5.20. The van der Waals surface area contributed by atoms with Gasteiger partial charge in [0.25, 0.3) is 0 Å². The van der Waals surface area contributed by atoms with Crippen LogP contribution in [0.3, 0.4) is 0 Å². The zero-order valence-corrected chi connectivity index (χ0v) is 13.0. The molecule has 1 aromatic heterocycles.